The van der Waals surface area contributed by atoms with Gasteiger partial charge >= 0.3 is 0 Å². The monoisotopic (exact) mass is 376 g/mol. The van der Waals surface area contributed by atoms with E-state index in [1.807, 2.05) is 19.1 Å². The average Bonchev–Trinajstić information content (AvgIpc) is 2.55. The minimum absolute atomic E-state index is 0. The van der Waals surface area contributed by atoms with E-state index >= 15 is 0 Å². The van der Waals surface area contributed by atoms with Crippen LogP contribution in [0, 0.1) is 0 Å². The van der Waals surface area contributed by atoms with Crippen molar-refractivity contribution in [3.8, 4) is 0 Å². The third-order valence-corrected chi connectivity index (χ3v) is 4.53. The van der Waals surface area contributed by atoms with Gasteiger partial charge in [0.15, 0.2) is 0 Å². The number of benzene rings is 1. The molecule has 1 amide bonds. The molecule has 1 aromatic rings. The average molecular weight is 377 g/mol. The van der Waals surface area contributed by atoms with E-state index < -0.39 is 0 Å². The first kappa shape index (κ1) is 23.1. The van der Waals surface area contributed by atoms with E-state index in [0.29, 0.717) is 6.54 Å². The fraction of sp³-hybridized carbons (Fsp3) is 0.588. The van der Waals surface area contributed by atoms with Crippen molar-refractivity contribution >= 4 is 30.7 Å². The molecule has 7 heteroatoms. The number of hydrogen-bond acceptors (Lipinski definition) is 4. The van der Waals surface area contributed by atoms with Crippen LogP contribution in [0.2, 0.25) is 0 Å². The molecule has 0 spiro atoms. The molecule has 1 aliphatic rings. The van der Waals surface area contributed by atoms with Crippen molar-refractivity contribution < 1.29 is 4.79 Å². The van der Waals surface area contributed by atoms with Gasteiger partial charge in [-0.05, 0) is 31.7 Å². The van der Waals surface area contributed by atoms with Crippen LogP contribution in [0.1, 0.15) is 22.8 Å². The highest BCUT2D eigenvalue weighted by Crippen LogP contribution is 2.12. The van der Waals surface area contributed by atoms with Crippen LogP contribution >= 0.6 is 24.8 Å². The first-order valence-corrected chi connectivity index (χ1v) is 7.98. The van der Waals surface area contributed by atoms with Crippen LogP contribution < -0.4 is 5.73 Å². The van der Waals surface area contributed by atoms with E-state index in [2.05, 4.69) is 29.0 Å². The molecule has 24 heavy (non-hydrogen) atoms. The Morgan fingerprint density at radius 1 is 1.17 bits per heavy atom. The first-order chi connectivity index (χ1) is 10.5. The Morgan fingerprint density at radius 2 is 1.71 bits per heavy atom. The van der Waals surface area contributed by atoms with Gasteiger partial charge in [-0.3, -0.25) is 9.69 Å². The Labute approximate surface area is 158 Å². The lowest BCUT2D eigenvalue weighted by molar-refractivity contribution is 0.0748. The summed E-state index contributed by atoms with van der Waals surface area (Å²) in [7, 11) is 3.97. The number of amides is 1. The summed E-state index contributed by atoms with van der Waals surface area (Å²) in [6.07, 6.45) is 0. The second-order valence-electron chi connectivity index (χ2n) is 6.28. The van der Waals surface area contributed by atoms with Crippen LogP contribution in [-0.2, 0) is 6.54 Å². The summed E-state index contributed by atoms with van der Waals surface area (Å²) in [4.78, 5) is 18.9. The molecule has 138 valence electrons. The minimum atomic E-state index is 0. The minimum Gasteiger partial charge on any atom is -0.338 e. The number of piperazine rings is 1. The van der Waals surface area contributed by atoms with Crippen molar-refractivity contribution in [2.75, 3.05) is 46.8 Å². The molecule has 1 aromatic carbocycles. The Kier molecular flexibility index (Phi) is 10.5. The Hall–Kier alpha value is -0.850. The van der Waals surface area contributed by atoms with E-state index in [9.17, 15) is 4.79 Å². The van der Waals surface area contributed by atoms with Crippen molar-refractivity contribution in [3.05, 3.63) is 35.4 Å². The highest BCUT2D eigenvalue weighted by Gasteiger charge is 2.17. The molecule has 0 bridgehead atoms. The van der Waals surface area contributed by atoms with E-state index in [-0.39, 0.29) is 36.8 Å². The summed E-state index contributed by atoms with van der Waals surface area (Å²) < 4.78 is 0. The second kappa shape index (κ2) is 10.9. The number of halogens is 2. The zero-order valence-electron chi connectivity index (χ0n) is 14.8. The summed E-state index contributed by atoms with van der Waals surface area (Å²) in [6, 6.07) is 8.03. The molecule has 1 unspecified atom stereocenters. The quantitative estimate of drug-likeness (QED) is 0.849. The largest absolute Gasteiger partial charge is 0.338 e. The lowest BCUT2D eigenvalue weighted by atomic mass is 10.1. The summed E-state index contributed by atoms with van der Waals surface area (Å²) >= 11 is 0. The third-order valence-electron chi connectivity index (χ3n) is 4.53. The topological polar surface area (TPSA) is 52.8 Å². The molecule has 1 atom stereocenters. The summed E-state index contributed by atoms with van der Waals surface area (Å²) in [6.45, 7) is 7.85. The van der Waals surface area contributed by atoms with Gasteiger partial charge < -0.3 is 15.5 Å². The normalized spacial score (nSPS) is 16.7. The second-order valence-corrected chi connectivity index (χ2v) is 6.28. The Bertz CT molecular complexity index is 490. The molecular formula is C17H30Cl2N4O. The Balaban J connectivity index is 0.00000264. The molecular weight excluding hydrogens is 347 g/mol. The molecule has 5 nitrogen and oxygen atoms in total. The number of rotatable bonds is 5. The standard InChI is InChI=1S/C17H28N4O.2ClH/c1-14(12-18)20(3)17(22)16-6-4-15(5-7-16)13-21-10-8-19(2)9-11-21;;/h4-7,14H,8-13,18H2,1-3H3;2*1H. The predicted octanol–water partition coefficient (Wildman–Crippen LogP) is 1.70. The molecule has 1 saturated heterocycles. The summed E-state index contributed by atoms with van der Waals surface area (Å²) in [5, 5.41) is 0. The number of nitrogens with two attached hydrogens (primary N) is 1. The van der Waals surface area contributed by atoms with Crippen LogP contribution in [0.25, 0.3) is 0 Å². The van der Waals surface area contributed by atoms with Gasteiger partial charge in [0, 0.05) is 57.9 Å². The van der Waals surface area contributed by atoms with Gasteiger partial charge in [-0.2, -0.15) is 0 Å². The number of carbonyl (C=O) groups excluding carboxylic acids is 1. The molecule has 1 aliphatic heterocycles. The molecule has 0 radical (unpaired) electrons. The van der Waals surface area contributed by atoms with Gasteiger partial charge in [-0.1, -0.05) is 12.1 Å². The fourth-order valence-corrected chi connectivity index (χ4v) is 2.58. The van der Waals surface area contributed by atoms with Crippen LogP contribution in [0.5, 0.6) is 0 Å². The van der Waals surface area contributed by atoms with Crippen molar-refractivity contribution in [1.29, 1.82) is 0 Å². The first-order valence-electron chi connectivity index (χ1n) is 7.98. The Morgan fingerprint density at radius 3 is 2.21 bits per heavy atom. The van der Waals surface area contributed by atoms with Crippen molar-refractivity contribution in [3.63, 3.8) is 0 Å². The van der Waals surface area contributed by atoms with Gasteiger partial charge in [-0.25, -0.2) is 0 Å². The van der Waals surface area contributed by atoms with Gasteiger partial charge in [0.25, 0.3) is 5.91 Å². The van der Waals surface area contributed by atoms with Gasteiger partial charge in [-0.15, -0.1) is 24.8 Å². The van der Waals surface area contributed by atoms with Crippen LogP contribution in [0.15, 0.2) is 24.3 Å². The maximum absolute atomic E-state index is 12.3. The zero-order chi connectivity index (χ0) is 16.1. The van der Waals surface area contributed by atoms with Crippen LogP contribution in [-0.4, -0.2) is 73.5 Å². The fourth-order valence-electron chi connectivity index (χ4n) is 2.58. The number of likely N-dealkylation sites (N-methyl/N-ethyl adjacent to an activating group) is 2. The molecule has 0 aliphatic carbocycles. The molecule has 2 N–H and O–H groups in total. The van der Waals surface area contributed by atoms with E-state index in [0.717, 1.165) is 38.3 Å². The molecule has 1 heterocycles. The number of nitrogens with zero attached hydrogens (tertiary/aromatic N) is 3. The van der Waals surface area contributed by atoms with E-state index in [1.165, 1.54) is 5.56 Å². The summed E-state index contributed by atoms with van der Waals surface area (Å²) in [5.41, 5.74) is 7.61. The van der Waals surface area contributed by atoms with Gasteiger partial charge in [0.1, 0.15) is 0 Å². The maximum Gasteiger partial charge on any atom is 0.253 e. The van der Waals surface area contributed by atoms with Crippen molar-refractivity contribution in [1.82, 2.24) is 14.7 Å². The number of carbonyl (C=O) groups is 1. The lowest BCUT2D eigenvalue weighted by Crippen LogP contribution is -2.43. The van der Waals surface area contributed by atoms with Crippen LogP contribution in [0.3, 0.4) is 0 Å². The van der Waals surface area contributed by atoms with E-state index in [4.69, 9.17) is 5.73 Å². The third kappa shape index (κ3) is 6.22. The zero-order valence-corrected chi connectivity index (χ0v) is 16.4. The smallest absolute Gasteiger partial charge is 0.253 e. The van der Waals surface area contributed by atoms with Crippen LogP contribution in [0.4, 0.5) is 0 Å². The van der Waals surface area contributed by atoms with E-state index in [1.54, 1.807) is 11.9 Å². The van der Waals surface area contributed by atoms with Gasteiger partial charge in [0.05, 0.1) is 0 Å². The predicted molar refractivity (Wildman–Crippen MR) is 104 cm³/mol. The SMILES string of the molecule is CC(CN)N(C)C(=O)c1ccc(CN2CCN(C)CC2)cc1.Cl.Cl. The number of hydrogen-bond donors (Lipinski definition) is 1. The van der Waals surface area contributed by atoms with Crippen molar-refractivity contribution in [2.24, 2.45) is 5.73 Å². The lowest BCUT2D eigenvalue weighted by Gasteiger charge is -2.32. The summed E-state index contributed by atoms with van der Waals surface area (Å²) in [5.74, 6) is 0.0316. The molecule has 1 fully saturated rings. The van der Waals surface area contributed by atoms with Gasteiger partial charge in [0.2, 0.25) is 0 Å². The van der Waals surface area contributed by atoms with Crippen molar-refractivity contribution in [2.45, 2.75) is 19.5 Å². The maximum atomic E-state index is 12.3. The highest BCUT2D eigenvalue weighted by atomic mass is 35.5. The molecule has 0 aromatic heterocycles. The molecule has 2 rings (SSSR count). The molecule has 0 saturated carbocycles. The highest BCUT2D eigenvalue weighted by molar-refractivity contribution is 5.94.